The first kappa shape index (κ1) is 22.9. The minimum absolute atomic E-state index is 0.158. The van der Waals surface area contributed by atoms with E-state index in [1.807, 2.05) is 25.1 Å². The fourth-order valence-corrected chi connectivity index (χ4v) is 4.14. The predicted octanol–water partition coefficient (Wildman–Crippen LogP) is 2.59. The van der Waals surface area contributed by atoms with Gasteiger partial charge in [0.2, 0.25) is 0 Å². The third-order valence-electron chi connectivity index (χ3n) is 5.07. The van der Waals surface area contributed by atoms with E-state index in [-0.39, 0.29) is 12.4 Å². The van der Waals surface area contributed by atoms with Crippen LogP contribution in [0.5, 0.6) is 0 Å². The predicted molar refractivity (Wildman–Crippen MR) is 119 cm³/mol. The SMILES string of the molecule is CCC(C)(C[SH](=O)=O)NC(=O)c1cc(-c2ccc(Cl)cc2)cc(-n2cnnc2CO)c1. The molecular weight excluding hydrogens is 440 g/mol. The number of hydrogen-bond donors (Lipinski definition) is 3. The van der Waals surface area contributed by atoms with Crippen molar-refractivity contribution in [2.24, 2.45) is 0 Å². The second kappa shape index (κ2) is 9.59. The van der Waals surface area contributed by atoms with Crippen molar-refractivity contribution in [1.82, 2.24) is 20.1 Å². The maximum Gasteiger partial charge on any atom is 0.251 e. The maximum atomic E-state index is 13.1. The minimum Gasteiger partial charge on any atom is -0.388 e. The molecular formula is C21H23ClN4O4S. The Balaban J connectivity index is 2.08. The monoisotopic (exact) mass is 462 g/mol. The van der Waals surface area contributed by atoms with Crippen LogP contribution in [-0.4, -0.2) is 45.5 Å². The number of carbonyl (C=O) groups excluding carboxylic acids is 1. The van der Waals surface area contributed by atoms with Crippen LogP contribution >= 0.6 is 11.6 Å². The lowest BCUT2D eigenvalue weighted by atomic mass is 9.98. The van der Waals surface area contributed by atoms with Gasteiger partial charge in [0.25, 0.3) is 5.91 Å². The first-order valence-corrected chi connectivity index (χ1v) is 11.3. The molecule has 164 valence electrons. The molecule has 0 aliphatic rings. The number of nitrogens with zero attached hydrogens (tertiary/aromatic N) is 3. The summed E-state index contributed by atoms with van der Waals surface area (Å²) >= 11 is 6.00. The van der Waals surface area contributed by atoms with Crippen LogP contribution in [0.1, 0.15) is 36.5 Å². The molecule has 2 N–H and O–H groups in total. The smallest absolute Gasteiger partial charge is 0.251 e. The highest BCUT2D eigenvalue weighted by atomic mass is 35.5. The number of aromatic nitrogens is 3. The number of rotatable bonds is 8. The van der Waals surface area contributed by atoms with Gasteiger partial charge < -0.3 is 10.4 Å². The van der Waals surface area contributed by atoms with Crippen LogP contribution in [0.15, 0.2) is 48.8 Å². The number of nitrogens with one attached hydrogen (secondary N) is 1. The zero-order valence-electron chi connectivity index (χ0n) is 17.1. The summed E-state index contributed by atoms with van der Waals surface area (Å²) in [7, 11) is -2.66. The van der Waals surface area contributed by atoms with E-state index in [9.17, 15) is 18.3 Å². The number of benzene rings is 2. The summed E-state index contributed by atoms with van der Waals surface area (Å²) in [6.07, 6.45) is 1.90. The summed E-state index contributed by atoms with van der Waals surface area (Å²) in [6.45, 7) is 3.19. The Morgan fingerprint density at radius 1 is 1.19 bits per heavy atom. The Labute approximate surface area is 186 Å². The van der Waals surface area contributed by atoms with Crippen molar-refractivity contribution in [2.75, 3.05) is 5.75 Å². The summed E-state index contributed by atoms with van der Waals surface area (Å²) < 4.78 is 24.1. The first-order chi connectivity index (χ1) is 14.7. The van der Waals surface area contributed by atoms with E-state index in [1.165, 1.54) is 6.33 Å². The van der Waals surface area contributed by atoms with Gasteiger partial charge >= 0.3 is 0 Å². The van der Waals surface area contributed by atoms with Gasteiger partial charge in [0.05, 0.1) is 11.3 Å². The van der Waals surface area contributed by atoms with E-state index in [0.29, 0.717) is 28.5 Å². The number of carbonyl (C=O) groups is 1. The van der Waals surface area contributed by atoms with Gasteiger partial charge in [-0.15, -0.1) is 10.2 Å². The average molecular weight is 463 g/mol. The third-order valence-corrected chi connectivity index (χ3v) is 6.28. The molecule has 1 unspecified atom stereocenters. The lowest BCUT2D eigenvalue weighted by molar-refractivity contribution is 0.0912. The van der Waals surface area contributed by atoms with Crippen molar-refractivity contribution in [3.63, 3.8) is 0 Å². The van der Waals surface area contributed by atoms with Gasteiger partial charge in [0, 0.05) is 16.3 Å². The number of hydrogen-bond acceptors (Lipinski definition) is 6. The number of aliphatic hydroxyl groups excluding tert-OH is 1. The van der Waals surface area contributed by atoms with Crippen LogP contribution < -0.4 is 5.32 Å². The van der Waals surface area contributed by atoms with Gasteiger partial charge in [-0.1, -0.05) is 30.7 Å². The number of aliphatic hydroxyl groups is 1. The van der Waals surface area contributed by atoms with E-state index < -0.39 is 22.2 Å². The Bertz CT molecular complexity index is 1150. The van der Waals surface area contributed by atoms with Crippen LogP contribution in [0.2, 0.25) is 5.02 Å². The quantitative estimate of drug-likeness (QED) is 0.443. The highest BCUT2D eigenvalue weighted by Crippen LogP contribution is 2.27. The van der Waals surface area contributed by atoms with Gasteiger partial charge in [0.1, 0.15) is 23.6 Å². The van der Waals surface area contributed by atoms with Crippen molar-refractivity contribution in [3.8, 4) is 16.8 Å². The number of amides is 1. The maximum absolute atomic E-state index is 13.1. The molecule has 0 saturated carbocycles. The lowest BCUT2D eigenvalue weighted by Crippen LogP contribution is -2.48. The minimum atomic E-state index is -2.66. The van der Waals surface area contributed by atoms with Gasteiger partial charge in [0.15, 0.2) is 5.82 Å². The highest BCUT2D eigenvalue weighted by Gasteiger charge is 2.26. The second-order valence-electron chi connectivity index (χ2n) is 7.41. The Morgan fingerprint density at radius 2 is 1.90 bits per heavy atom. The molecule has 2 aromatic carbocycles. The van der Waals surface area contributed by atoms with E-state index in [2.05, 4.69) is 15.5 Å². The molecule has 1 heterocycles. The van der Waals surface area contributed by atoms with Gasteiger partial charge in [-0.25, -0.2) is 8.42 Å². The van der Waals surface area contributed by atoms with Crippen LogP contribution in [0.4, 0.5) is 0 Å². The van der Waals surface area contributed by atoms with E-state index >= 15 is 0 Å². The molecule has 0 fully saturated rings. The number of halogens is 1. The molecule has 0 saturated heterocycles. The van der Waals surface area contributed by atoms with E-state index in [4.69, 9.17) is 11.6 Å². The van der Waals surface area contributed by atoms with Crippen molar-refractivity contribution in [3.05, 3.63) is 65.2 Å². The van der Waals surface area contributed by atoms with E-state index in [1.54, 1.807) is 35.8 Å². The summed E-state index contributed by atoms with van der Waals surface area (Å²) in [4.78, 5) is 13.1. The molecule has 0 spiro atoms. The normalized spacial score (nSPS) is 13.2. The van der Waals surface area contributed by atoms with Gasteiger partial charge in [-0.2, -0.15) is 0 Å². The molecule has 10 heteroatoms. The van der Waals surface area contributed by atoms with Crippen LogP contribution in [0, 0.1) is 0 Å². The third kappa shape index (κ3) is 5.49. The molecule has 31 heavy (non-hydrogen) atoms. The molecule has 0 bridgehead atoms. The standard InChI is InChI=1S/C21H23ClN4O4S/c1-3-21(2,12-31(29)30)24-20(28)16-8-15(14-4-6-17(22)7-5-14)9-18(10-16)26-13-23-25-19(26)11-27/h4-10,13,27,31H,3,11-12H2,1-2H3,(H,24,28). The molecule has 0 radical (unpaired) electrons. The molecule has 1 atom stereocenters. The lowest BCUT2D eigenvalue weighted by Gasteiger charge is -2.27. The van der Waals surface area contributed by atoms with Crippen molar-refractivity contribution in [2.45, 2.75) is 32.4 Å². The summed E-state index contributed by atoms with van der Waals surface area (Å²) in [5.41, 5.74) is 1.60. The zero-order chi connectivity index (χ0) is 22.6. The number of thiol groups is 1. The molecule has 3 rings (SSSR count). The average Bonchev–Trinajstić information content (AvgIpc) is 3.22. The fourth-order valence-electron chi connectivity index (χ4n) is 3.14. The van der Waals surface area contributed by atoms with Crippen molar-refractivity contribution in [1.29, 1.82) is 0 Å². The van der Waals surface area contributed by atoms with E-state index in [0.717, 1.165) is 11.1 Å². The van der Waals surface area contributed by atoms with Crippen molar-refractivity contribution < 1.29 is 18.3 Å². The molecule has 3 aromatic rings. The zero-order valence-corrected chi connectivity index (χ0v) is 18.7. The van der Waals surface area contributed by atoms with Gasteiger partial charge in [-0.3, -0.25) is 9.36 Å². The fraction of sp³-hybridized carbons (Fsp3) is 0.286. The molecule has 0 aliphatic heterocycles. The van der Waals surface area contributed by atoms with Crippen LogP contribution in [-0.2, 0) is 17.3 Å². The van der Waals surface area contributed by atoms with Crippen LogP contribution in [0.3, 0.4) is 0 Å². The van der Waals surface area contributed by atoms with Gasteiger partial charge in [-0.05, 0) is 54.8 Å². The topological polar surface area (TPSA) is 114 Å². The summed E-state index contributed by atoms with van der Waals surface area (Å²) in [5.74, 6) is -0.243. The largest absolute Gasteiger partial charge is 0.388 e. The Kier molecular flexibility index (Phi) is 7.09. The molecule has 1 amide bonds. The summed E-state index contributed by atoms with van der Waals surface area (Å²) in [5, 5.41) is 20.7. The van der Waals surface area contributed by atoms with Crippen molar-refractivity contribution >= 4 is 28.2 Å². The highest BCUT2D eigenvalue weighted by molar-refractivity contribution is 7.72. The molecule has 1 aromatic heterocycles. The second-order valence-corrected chi connectivity index (χ2v) is 8.83. The first-order valence-electron chi connectivity index (χ1n) is 9.60. The molecule has 0 aliphatic carbocycles. The Hall–Kier alpha value is -2.75. The van der Waals surface area contributed by atoms with Crippen LogP contribution in [0.25, 0.3) is 16.8 Å². The Morgan fingerprint density at radius 3 is 2.52 bits per heavy atom. The molecule has 8 nitrogen and oxygen atoms in total. The summed E-state index contributed by atoms with van der Waals surface area (Å²) in [6, 6.07) is 12.4.